The zero-order valence-corrected chi connectivity index (χ0v) is 9.10. The molecule has 0 unspecified atom stereocenters. The Hall–Kier alpha value is -1.55. The molecular formula is C11H10N2OS. The highest BCUT2D eigenvalue weighted by atomic mass is 32.1. The fourth-order valence-corrected chi connectivity index (χ4v) is 2.82. The van der Waals surface area contributed by atoms with Gasteiger partial charge in [-0.2, -0.15) is 0 Å². The Morgan fingerprint density at radius 2 is 2.33 bits per heavy atom. The van der Waals surface area contributed by atoms with E-state index < -0.39 is 0 Å². The van der Waals surface area contributed by atoms with Crippen molar-refractivity contribution in [3.05, 3.63) is 28.6 Å². The van der Waals surface area contributed by atoms with Gasteiger partial charge in [-0.15, -0.1) is 11.3 Å². The molecule has 1 aromatic heterocycles. The fraction of sp³-hybridized carbons (Fsp3) is 0.182. The van der Waals surface area contributed by atoms with Crippen LogP contribution in [0.2, 0.25) is 0 Å². The van der Waals surface area contributed by atoms with Crippen LogP contribution in [0.1, 0.15) is 10.4 Å². The summed E-state index contributed by atoms with van der Waals surface area (Å²) >= 11 is 1.57. The van der Waals surface area contributed by atoms with Crippen LogP contribution in [-0.4, -0.2) is 12.1 Å². The molecule has 2 aromatic rings. The predicted octanol–water partition coefficient (Wildman–Crippen LogP) is 2.31. The summed E-state index contributed by atoms with van der Waals surface area (Å²) in [6, 6.07) is 6.09. The summed E-state index contributed by atoms with van der Waals surface area (Å²) in [7, 11) is 1.68. The largest absolute Gasteiger partial charge is 0.497 e. The van der Waals surface area contributed by atoms with Gasteiger partial charge in [-0.05, 0) is 23.8 Å². The maximum absolute atomic E-state index is 5.68. The zero-order chi connectivity index (χ0) is 10.4. The number of thiazole rings is 1. The molecule has 1 aliphatic rings. The van der Waals surface area contributed by atoms with Gasteiger partial charge in [0.15, 0.2) is 5.13 Å². The van der Waals surface area contributed by atoms with Gasteiger partial charge in [0.2, 0.25) is 0 Å². The van der Waals surface area contributed by atoms with E-state index in [4.69, 9.17) is 10.5 Å². The van der Waals surface area contributed by atoms with E-state index in [1.807, 2.05) is 6.07 Å². The molecule has 0 aliphatic heterocycles. The van der Waals surface area contributed by atoms with Crippen molar-refractivity contribution in [3.8, 4) is 17.0 Å². The minimum atomic E-state index is 0.654. The zero-order valence-electron chi connectivity index (χ0n) is 8.28. The quantitative estimate of drug-likeness (QED) is 0.681. The lowest BCUT2D eigenvalue weighted by atomic mass is 10.1. The maximum atomic E-state index is 5.68. The van der Waals surface area contributed by atoms with Gasteiger partial charge in [0.05, 0.1) is 12.8 Å². The van der Waals surface area contributed by atoms with E-state index in [-0.39, 0.29) is 0 Å². The van der Waals surface area contributed by atoms with Crippen LogP contribution in [0.25, 0.3) is 11.3 Å². The molecular weight excluding hydrogens is 208 g/mol. The first-order valence-corrected chi connectivity index (χ1v) is 5.52. The summed E-state index contributed by atoms with van der Waals surface area (Å²) < 4.78 is 5.20. The molecule has 0 saturated carbocycles. The molecule has 0 bridgehead atoms. The standard InChI is InChI=1S/C11H10N2OS/c1-14-7-2-3-8-6(4-7)5-9-10(8)13-11(12)15-9/h2-4H,5H2,1H3,(H2,12,13). The molecule has 4 heteroatoms. The molecule has 0 fully saturated rings. The predicted molar refractivity (Wildman–Crippen MR) is 61.3 cm³/mol. The fourth-order valence-electron chi connectivity index (χ4n) is 1.95. The third kappa shape index (κ3) is 1.22. The Kier molecular flexibility index (Phi) is 1.73. The van der Waals surface area contributed by atoms with E-state index in [0.29, 0.717) is 5.13 Å². The average Bonchev–Trinajstić information content (AvgIpc) is 2.72. The maximum Gasteiger partial charge on any atom is 0.180 e. The van der Waals surface area contributed by atoms with Gasteiger partial charge in [0, 0.05) is 16.9 Å². The summed E-state index contributed by atoms with van der Waals surface area (Å²) in [6.45, 7) is 0. The third-order valence-corrected chi connectivity index (χ3v) is 3.52. The van der Waals surface area contributed by atoms with E-state index in [1.165, 1.54) is 16.0 Å². The highest BCUT2D eigenvalue weighted by molar-refractivity contribution is 7.15. The van der Waals surface area contributed by atoms with Crippen molar-refractivity contribution in [1.29, 1.82) is 0 Å². The Labute approximate surface area is 91.5 Å². The molecule has 0 atom stereocenters. The van der Waals surface area contributed by atoms with Gasteiger partial charge >= 0.3 is 0 Å². The van der Waals surface area contributed by atoms with Crippen LogP contribution >= 0.6 is 11.3 Å². The highest BCUT2D eigenvalue weighted by Crippen LogP contribution is 2.41. The third-order valence-electron chi connectivity index (χ3n) is 2.63. The van der Waals surface area contributed by atoms with Crippen LogP contribution in [0.3, 0.4) is 0 Å². The van der Waals surface area contributed by atoms with Gasteiger partial charge in [-0.3, -0.25) is 0 Å². The van der Waals surface area contributed by atoms with Crippen LogP contribution in [0, 0.1) is 0 Å². The molecule has 3 rings (SSSR count). The monoisotopic (exact) mass is 218 g/mol. The van der Waals surface area contributed by atoms with E-state index >= 15 is 0 Å². The average molecular weight is 218 g/mol. The topological polar surface area (TPSA) is 48.1 Å². The molecule has 2 N–H and O–H groups in total. The van der Waals surface area contributed by atoms with E-state index in [2.05, 4.69) is 17.1 Å². The van der Waals surface area contributed by atoms with Crippen LogP contribution in [-0.2, 0) is 6.42 Å². The Balaban J connectivity index is 2.16. The Bertz CT molecular complexity index is 533. The van der Waals surface area contributed by atoms with Crippen molar-refractivity contribution < 1.29 is 4.74 Å². The van der Waals surface area contributed by atoms with Crippen molar-refractivity contribution in [3.63, 3.8) is 0 Å². The van der Waals surface area contributed by atoms with Crippen molar-refractivity contribution in [2.24, 2.45) is 0 Å². The van der Waals surface area contributed by atoms with E-state index in [0.717, 1.165) is 17.9 Å². The number of methoxy groups -OCH3 is 1. The number of hydrogen-bond acceptors (Lipinski definition) is 4. The molecule has 15 heavy (non-hydrogen) atoms. The first kappa shape index (κ1) is 8.73. The summed E-state index contributed by atoms with van der Waals surface area (Å²) in [4.78, 5) is 5.60. The van der Waals surface area contributed by atoms with Gasteiger partial charge in [-0.25, -0.2) is 4.98 Å². The van der Waals surface area contributed by atoms with Crippen LogP contribution in [0.5, 0.6) is 5.75 Å². The van der Waals surface area contributed by atoms with Crippen LogP contribution < -0.4 is 10.5 Å². The number of fused-ring (bicyclic) bond motifs is 3. The molecule has 0 spiro atoms. The van der Waals surface area contributed by atoms with Crippen molar-refractivity contribution in [2.45, 2.75) is 6.42 Å². The summed E-state index contributed by atoms with van der Waals surface area (Å²) in [6.07, 6.45) is 0.927. The number of nitrogens with two attached hydrogens (primary N) is 1. The van der Waals surface area contributed by atoms with Gasteiger partial charge in [0.1, 0.15) is 5.75 Å². The SMILES string of the molecule is COc1ccc2c(c1)Cc1sc(N)nc1-2. The molecule has 0 saturated heterocycles. The lowest BCUT2D eigenvalue weighted by Gasteiger charge is -2.02. The number of hydrogen-bond donors (Lipinski definition) is 1. The Morgan fingerprint density at radius 3 is 3.13 bits per heavy atom. The molecule has 0 radical (unpaired) electrons. The Morgan fingerprint density at radius 1 is 1.47 bits per heavy atom. The second kappa shape index (κ2) is 2.97. The van der Waals surface area contributed by atoms with E-state index in [1.54, 1.807) is 18.4 Å². The van der Waals surface area contributed by atoms with Gasteiger partial charge in [0.25, 0.3) is 0 Å². The summed E-state index contributed by atoms with van der Waals surface area (Å²) in [5.74, 6) is 0.900. The van der Waals surface area contributed by atoms with Gasteiger partial charge < -0.3 is 10.5 Å². The number of nitrogens with zero attached hydrogens (tertiary/aromatic N) is 1. The first-order valence-electron chi connectivity index (χ1n) is 4.70. The minimum absolute atomic E-state index is 0.654. The number of ether oxygens (including phenoxy) is 1. The minimum Gasteiger partial charge on any atom is -0.497 e. The second-order valence-corrected chi connectivity index (χ2v) is 4.64. The molecule has 76 valence electrons. The second-order valence-electron chi connectivity index (χ2n) is 3.52. The normalized spacial score (nSPS) is 12.3. The van der Waals surface area contributed by atoms with Gasteiger partial charge in [-0.1, -0.05) is 0 Å². The molecule has 0 amide bonds. The smallest absolute Gasteiger partial charge is 0.180 e. The number of rotatable bonds is 1. The number of anilines is 1. The molecule has 1 heterocycles. The number of nitrogen functional groups attached to an aromatic ring is 1. The number of aromatic nitrogens is 1. The van der Waals surface area contributed by atoms with Crippen LogP contribution in [0.4, 0.5) is 5.13 Å². The summed E-state index contributed by atoms with van der Waals surface area (Å²) in [5.41, 5.74) is 9.21. The van der Waals surface area contributed by atoms with Crippen molar-refractivity contribution >= 4 is 16.5 Å². The van der Waals surface area contributed by atoms with Crippen LogP contribution in [0.15, 0.2) is 18.2 Å². The van der Waals surface area contributed by atoms with Crippen molar-refractivity contribution in [2.75, 3.05) is 12.8 Å². The molecule has 1 aromatic carbocycles. The molecule has 3 nitrogen and oxygen atoms in total. The number of benzene rings is 1. The lowest BCUT2D eigenvalue weighted by molar-refractivity contribution is 0.414. The summed E-state index contributed by atoms with van der Waals surface area (Å²) in [5, 5.41) is 0.654. The van der Waals surface area contributed by atoms with E-state index in [9.17, 15) is 0 Å². The molecule has 1 aliphatic carbocycles. The van der Waals surface area contributed by atoms with Crippen molar-refractivity contribution in [1.82, 2.24) is 4.98 Å². The first-order chi connectivity index (χ1) is 7.28. The lowest BCUT2D eigenvalue weighted by Crippen LogP contribution is -1.87. The highest BCUT2D eigenvalue weighted by Gasteiger charge is 2.22.